The first kappa shape index (κ1) is 13.6. The molecule has 0 aliphatic rings. The smallest absolute Gasteiger partial charge is 0.208 e. The third-order valence-corrected chi connectivity index (χ3v) is 4.11. The highest BCUT2D eigenvalue weighted by atomic mass is 79.9. The summed E-state index contributed by atoms with van der Waals surface area (Å²) in [6.45, 7) is 1.74. The Morgan fingerprint density at radius 3 is 2.62 bits per heavy atom. The lowest BCUT2D eigenvalue weighted by Gasteiger charge is -2.13. The summed E-state index contributed by atoms with van der Waals surface area (Å²) in [5.74, 6) is -0.735. The predicted molar refractivity (Wildman–Crippen MR) is 64.6 cm³/mol. The van der Waals surface area contributed by atoms with Gasteiger partial charge in [0.25, 0.3) is 0 Å². The molecule has 6 heteroatoms. The highest BCUT2D eigenvalue weighted by molar-refractivity contribution is 9.09. The number of hydrogen-bond acceptors (Lipinski definition) is 2. The Labute approximate surface area is 103 Å². The number of rotatable bonds is 5. The van der Waals surface area contributed by atoms with Crippen LogP contribution in [0, 0.1) is 5.82 Å². The van der Waals surface area contributed by atoms with Crippen LogP contribution in [-0.2, 0) is 10.0 Å². The number of sulfonamides is 1. The van der Waals surface area contributed by atoms with Gasteiger partial charge < -0.3 is 0 Å². The van der Waals surface area contributed by atoms with Crippen LogP contribution in [0.15, 0.2) is 29.2 Å². The summed E-state index contributed by atoms with van der Waals surface area (Å²) in [5.41, 5.74) is 0. The zero-order valence-electron chi connectivity index (χ0n) is 8.78. The number of halogens is 2. The second kappa shape index (κ2) is 5.75. The lowest BCUT2D eigenvalue weighted by molar-refractivity contribution is 0.540. The van der Waals surface area contributed by atoms with Gasteiger partial charge in [-0.15, -0.1) is 0 Å². The molecule has 0 saturated carbocycles. The van der Waals surface area contributed by atoms with E-state index in [0.29, 0.717) is 11.8 Å². The third-order valence-electron chi connectivity index (χ3n) is 2.02. The summed E-state index contributed by atoms with van der Waals surface area (Å²) < 4.78 is 39.3. The van der Waals surface area contributed by atoms with E-state index in [4.69, 9.17) is 0 Å². The first-order chi connectivity index (χ1) is 7.47. The molecule has 1 aromatic rings. The highest BCUT2D eigenvalue weighted by Gasteiger charge is 2.20. The minimum atomic E-state index is -3.76. The minimum Gasteiger partial charge on any atom is -0.208 e. The standard InChI is InChI=1S/C10H13BrFNO2S/c1-8(6-7-11)13-16(14,15)10-5-3-2-4-9(10)12/h2-5,8,13H,6-7H2,1H3. The molecular weight excluding hydrogens is 297 g/mol. The zero-order valence-corrected chi connectivity index (χ0v) is 11.2. The molecule has 1 unspecified atom stereocenters. The Hall–Kier alpha value is -0.460. The monoisotopic (exact) mass is 309 g/mol. The summed E-state index contributed by atoms with van der Waals surface area (Å²) in [7, 11) is -3.76. The second-order valence-corrected chi connectivity index (χ2v) is 5.91. The number of hydrogen-bond donors (Lipinski definition) is 1. The van der Waals surface area contributed by atoms with Gasteiger partial charge in [0.15, 0.2) is 0 Å². The van der Waals surface area contributed by atoms with Gasteiger partial charge in [0.2, 0.25) is 10.0 Å². The van der Waals surface area contributed by atoms with Gasteiger partial charge in [-0.05, 0) is 25.5 Å². The van der Waals surface area contributed by atoms with Crippen LogP contribution in [-0.4, -0.2) is 19.8 Å². The Balaban J connectivity index is 2.91. The van der Waals surface area contributed by atoms with E-state index in [1.54, 1.807) is 6.92 Å². The average molecular weight is 310 g/mol. The van der Waals surface area contributed by atoms with Crippen molar-refractivity contribution in [2.45, 2.75) is 24.3 Å². The van der Waals surface area contributed by atoms with Crippen molar-refractivity contribution in [1.82, 2.24) is 4.72 Å². The first-order valence-electron chi connectivity index (χ1n) is 4.80. The summed E-state index contributed by atoms with van der Waals surface area (Å²) in [6.07, 6.45) is 0.647. The maximum Gasteiger partial charge on any atom is 0.243 e. The van der Waals surface area contributed by atoms with Crippen molar-refractivity contribution in [3.05, 3.63) is 30.1 Å². The van der Waals surface area contributed by atoms with Crippen molar-refractivity contribution in [3.63, 3.8) is 0 Å². The van der Waals surface area contributed by atoms with Crippen molar-refractivity contribution >= 4 is 26.0 Å². The van der Waals surface area contributed by atoms with Crippen LogP contribution < -0.4 is 4.72 Å². The SMILES string of the molecule is CC(CCBr)NS(=O)(=O)c1ccccc1F. The Morgan fingerprint density at radius 2 is 2.06 bits per heavy atom. The van der Waals surface area contributed by atoms with Crippen molar-refractivity contribution in [2.24, 2.45) is 0 Å². The van der Waals surface area contributed by atoms with Crippen molar-refractivity contribution in [2.75, 3.05) is 5.33 Å². The number of benzene rings is 1. The quantitative estimate of drug-likeness (QED) is 0.848. The summed E-state index contributed by atoms with van der Waals surface area (Å²) in [5, 5.41) is 0.688. The van der Waals surface area contributed by atoms with Crippen molar-refractivity contribution in [3.8, 4) is 0 Å². The molecule has 0 spiro atoms. The molecule has 1 rings (SSSR count). The molecule has 0 heterocycles. The van der Waals surface area contributed by atoms with Crippen molar-refractivity contribution in [1.29, 1.82) is 0 Å². The molecule has 0 saturated heterocycles. The normalized spacial score (nSPS) is 13.7. The van der Waals surface area contributed by atoms with E-state index in [9.17, 15) is 12.8 Å². The van der Waals surface area contributed by atoms with Gasteiger partial charge in [-0.25, -0.2) is 17.5 Å². The minimum absolute atomic E-state index is 0.232. The molecule has 1 atom stereocenters. The van der Waals surface area contributed by atoms with Crippen LogP contribution in [0.1, 0.15) is 13.3 Å². The number of nitrogens with one attached hydrogen (secondary N) is 1. The van der Waals surface area contributed by atoms with Gasteiger partial charge >= 0.3 is 0 Å². The van der Waals surface area contributed by atoms with E-state index in [2.05, 4.69) is 20.7 Å². The first-order valence-corrected chi connectivity index (χ1v) is 7.40. The fourth-order valence-corrected chi connectivity index (χ4v) is 3.26. The van der Waals surface area contributed by atoms with E-state index in [1.165, 1.54) is 18.2 Å². The molecule has 0 aliphatic heterocycles. The number of alkyl halides is 1. The van der Waals surface area contributed by atoms with Crippen LogP contribution in [0.4, 0.5) is 4.39 Å². The average Bonchev–Trinajstić information content (AvgIpc) is 2.17. The molecule has 0 aliphatic carbocycles. The molecule has 0 aromatic heterocycles. The van der Waals surface area contributed by atoms with Gasteiger partial charge in [0, 0.05) is 11.4 Å². The highest BCUT2D eigenvalue weighted by Crippen LogP contribution is 2.14. The molecular formula is C10H13BrFNO2S. The van der Waals surface area contributed by atoms with Gasteiger partial charge in [-0.3, -0.25) is 0 Å². The molecule has 0 fully saturated rings. The summed E-state index contributed by atoms with van der Waals surface area (Å²) >= 11 is 3.22. The predicted octanol–water partition coefficient (Wildman–Crippen LogP) is 2.28. The van der Waals surface area contributed by atoms with E-state index < -0.39 is 15.8 Å². The molecule has 16 heavy (non-hydrogen) atoms. The molecule has 1 aromatic carbocycles. The Bertz CT molecular complexity index is 450. The molecule has 0 bridgehead atoms. The van der Waals surface area contributed by atoms with Crippen LogP contribution >= 0.6 is 15.9 Å². The van der Waals surface area contributed by atoms with Gasteiger partial charge in [0.1, 0.15) is 10.7 Å². The molecule has 1 N–H and O–H groups in total. The molecule has 3 nitrogen and oxygen atoms in total. The Kier molecular flexibility index (Phi) is 4.89. The second-order valence-electron chi connectivity index (χ2n) is 3.43. The van der Waals surface area contributed by atoms with Crippen LogP contribution in [0.5, 0.6) is 0 Å². The van der Waals surface area contributed by atoms with E-state index >= 15 is 0 Å². The third kappa shape index (κ3) is 3.54. The molecule has 0 radical (unpaired) electrons. The maximum atomic E-state index is 13.3. The molecule has 90 valence electrons. The van der Waals surface area contributed by atoms with Crippen molar-refractivity contribution < 1.29 is 12.8 Å². The molecule has 0 amide bonds. The Morgan fingerprint density at radius 1 is 1.44 bits per heavy atom. The summed E-state index contributed by atoms with van der Waals surface area (Å²) in [6, 6.07) is 5.09. The van der Waals surface area contributed by atoms with E-state index in [1.807, 2.05) is 0 Å². The lowest BCUT2D eigenvalue weighted by Crippen LogP contribution is -2.33. The zero-order chi connectivity index (χ0) is 12.2. The fourth-order valence-electron chi connectivity index (χ4n) is 1.21. The largest absolute Gasteiger partial charge is 0.243 e. The fraction of sp³-hybridized carbons (Fsp3) is 0.400. The van der Waals surface area contributed by atoms with Gasteiger partial charge in [0.05, 0.1) is 0 Å². The maximum absolute atomic E-state index is 13.3. The van der Waals surface area contributed by atoms with E-state index in [-0.39, 0.29) is 10.9 Å². The van der Waals surface area contributed by atoms with Crippen LogP contribution in [0.25, 0.3) is 0 Å². The summed E-state index contributed by atoms with van der Waals surface area (Å²) in [4.78, 5) is -0.309. The van der Waals surface area contributed by atoms with E-state index in [0.717, 1.165) is 6.07 Å². The van der Waals surface area contributed by atoms with Gasteiger partial charge in [-0.2, -0.15) is 0 Å². The topological polar surface area (TPSA) is 46.2 Å². The van der Waals surface area contributed by atoms with Gasteiger partial charge in [-0.1, -0.05) is 28.1 Å². The van der Waals surface area contributed by atoms with Crippen LogP contribution in [0.3, 0.4) is 0 Å². The van der Waals surface area contributed by atoms with Crippen LogP contribution in [0.2, 0.25) is 0 Å². The lowest BCUT2D eigenvalue weighted by atomic mass is 10.3.